The minimum atomic E-state index is -0.742. The zero-order valence-corrected chi connectivity index (χ0v) is 17.9. The summed E-state index contributed by atoms with van der Waals surface area (Å²) in [5, 5.41) is 18.1. The van der Waals surface area contributed by atoms with Crippen LogP contribution < -0.4 is 15.4 Å². The van der Waals surface area contributed by atoms with Crippen LogP contribution in [0.5, 0.6) is 5.75 Å². The fraction of sp³-hybridized carbons (Fsp3) is 0.444. The molecule has 0 spiro atoms. The van der Waals surface area contributed by atoms with E-state index in [0.717, 1.165) is 10.7 Å². The topological polar surface area (TPSA) is 78.8 Å². The van der Waals surface area contributed by atoms with Crippen LogP contribution in [0.25, 0.3) is 0 Å². The fourth-order valence-electron chi connectivity index (χ4n) is 2.15. The monoisotopic (exact) mass is 430 g/mol. The molecule has 2 rings (SSSR count). The van der Waals surface area contributed by atoms with Crippen molar-refractivity contribution in [1.29, 1.82) is 0 Å². The molecule has 0 saturated heterocycles. The number of aryl methyl sites for hydroxylation is 2. The van der Waals surface area contributed by atoms with Gasteiger partial charge in [0.05, 0.1) is 17.3 Å². The molecule has 1 aromatic heterocycles. The summed E-state index contributed by atoms with van der Waals surface area (Å²) < 4.78 is 5.54. The minimum Gasteiger partial charge on any atom is -0.489 e. The van der Waals surface area contributed by atoms with E-state index < -0.39 is 6.10 Å². The third-order valence-electron chi connectivity index (χ3n) is 3.64. The van der Waals surface area contributed by atoms with E-state index >= 15 is 0 Å². The molecule has 0 amide bonds. The van der Waals surface area contributed by atoms with E-state index in [1.54, 1.807) is 29.5 Å². The van der Waals surface area contributed by atoms with E-state index in [1.165, 1.54) is 4.88 Å². The molecule has 0 radical (unpaired) electrons. The number of hydrogen-bond donors (Lipinski definition) is 3. The Morgan fingerprint density at radius 1 is 1.33 bits per heavy atom. The fourth-order valence-corrected chi connectivity index (χ4v) is 3.35. The highest BCUT2D eigenvalue weighted by atomic mass is 35.5. The standard InChI is InChI=1S/C18H24Cl2N4O2S/c1-4-21-18(23-9-16-24-11(2)12(3)27-16)22-8-13(25)10-26-15-7-5-6-14(19)17(15)20/h5-7,13,25H,4,8-10H2,1-3H3,(H2,21,22,23). The molecule has 0 bridgehead atoms. The number of guanidine groups is 1. The molecule has 0 aliphatic carbocycles. The van der Waals surface area contributed by atoms with Gasteiger partial charge in [0.2, 0.25) is 0 Å². The number of nitrogens with one attached hydrogen (secondary N) is 2. The second-order valence-corrected chi connectivity index (χ2v) is 7.91. The number of halogens is 2. The summed E-state index contributed by atoms with van der Waals surface area (Å²) in [5.74, 6) is 1.06. The summed E-state index contributed by atoms with van der Waals surface area (Å²) in [6.45, 7) is 7.58. The third kappa shape index (κ3) is 6.84. The summed E-state index contributed by atoms with van der Waals surface area (Å²) in [6.07, 6.45) is -0.742. The predicted molar refractivity (Wildman–Crippen MR) is 112 cm³/mol. The van der Waals surface area contributed by atoms with Gasteiger partial charge in [-0.05, 0) is 32.9 Å². The Balaban J connectivity index is 1.85. The minimum absolute atomic E-state index is 0.0807. The predicted octanol–water partition coefficient (Wildman–Crippen LogP) is 3.56. The summed E-state index contributed by atoms with van der Waals surface area (Å²) in [5.41, 5.74) is 1.04. The van der Waals surface area contributed by atoms with Gasteiger partial charge in [0.15, 0.2) is 5.96 Å². The van der Waals surface area contributed by atoms with E-state index in [2.05, 4.69) is 20.6 Å². The Morgan fingerprint density at radius 2 is 2.11 bits per heavy atom. The molecule has 9 heteroatoms. The lowest BCUT2D eigenvalue weighted by Crippen LogP contribution is -2.42. The van der Waals surface area contributed by atoms with Gasteiger partial charge in [-0.25, -0.2) is 9.98 Å². The van der Waals surface area contributed by atoms with Crippen LogP contribution in [0, 0.1) is 13.8 Å². The van der Waals surface area contributed by atoms with E-state index in [-0.39, 0.29) is 13.2 Å². The van der Waals surface area contributed by atoms with Gasteiger partial charge in [-0.2, -0.15) is 0 Å². The van der Waals surface area contributed by atoms with Crippen molar-refractivity contribution in [2.24, 2.45) is 4.99 Å². The van der Waals surface area contributed by atoms with Gasteiger partial charge in [-0.3, -0.25) is 0 Å². The SMILES string of the molecule is CCNC(=NCc1nc(C)c(C)s1)NCC(O)COc1cccc(Cl)c1Cl. The molecule has 0 aliphatic rings. The van der Waals surface area contributed by atoms with Crippen molar-refractivity contribution in [3.8, 4) is 5.75 Å². The van der Waals surface area contributed by atoms with Crippen molar-refractivity contribution in [3.05, 3.63) is 43.8 Å². The molecular formula is C18H24Cl2N4O2S. The highest BCUT2D eigenvalue weighted by Crippen LogP contribution is 2.31. The average molecular weight is 431 g/mol. The number of aliphatic imine (C=N–C) groups is 1. The maximum absolute atomic E-state index is 10.2. The smallest absolute Gasteiger partial charge is 0.191 e. The lowest BCUT2D eigenvalue weighted by atomic mass is 10.3. The highest BCUT2D eigenvalue weighted by Gasteiger charge is 2.10. The molecule has 148 valence electrons. The first kappa shape index (κ1) is 21.8. The Kier molecular flexibility index (Phi) is 8.63. The molecule has 1 atom stereocenters. The molecule has 0 aliphatic heterocycles. The number of aliphatic hydroxyl groups is 1. The summed E-state index contributed by atoms with van der Waals surface area (Å²) in [6, 6.07) is 5.13. The van der Waals surface area contributed by atoms with Gasteiger partial charge in [0.1, 0.15) is 28.5 Å². The van der Waals surface area contributed by atoms with Crippen molar-refractivity contribution < 1.29 is 9.84 Å². The Morgan fingerprint density at radius 3 is 2.78 bits per heavy atom. The maximum Gasteiger partial charge on any atom is 0.191 e. The largest absolute Gasteiger partial charge is 0.489 e. The normalized spacial score (nSPS) is 12.7. The van der Waals surface area contributed by atoms with Crippen LogP contribution in [0.2, 0.25) is 10.0 Å². The lowest BCUT2D eigenvalue weighted by molar-refractivity contribution is 0.110. The number of rotatable bonds is 8. The van der Waals surface area contributed by atoms with E-state index in [4.69, 9.17) is 27.9 Å². The molecule has 2 aromatic rings. The number of aliphatic hydroxyl groups excluding tert-OH is 1. The van der Waals surface area contributed by atoms with Crippen molar-refractivity contribution in [3.63, 3.8) is 0 Å². The van der Waals surface area contributed by atoms with Gasteiger partial charge < -0.3 is 20.5 Å². The first-order valence-electron chi connectivity index (χ1n) is 8.60. The summed E-state index contributed by atoms with van der Waals surface area (Å²) in [7, 11) is 0. The Hall–Kier alpha value is -1.54. The maximum atomic E-state index is 10.2. The summed E-state index contributed by atoms with van der Waals surface area (Å²) in [4.78, 5) is 10.2. The quantitative estimate of drug-likeness (QED) is 0.440. The number of ether oxygens (including phenoxy) is 1. The van der Waals surface area contributed by atoms with Crippen LogP contribution in [0.1, 0.15) is 22.5 Å². The zero-order chi connectivity index (χ0) is 19.8. The average Bonchev–Trinajstić information content (AvgIpc) is 2.96. The van der Waals surface area contributed by atoms with Gasteiger partial charge in [0, 0.05) is 18.0 Å². The molecule has 0 saturated carbocycles. The van der Waals surface area contributed by atoms with Crippen molar-refractivity contribution in [2.75, 3.05) is 19.7 Å². The van der Waals surface area contributed by atoms with Gasteiger partial charge in [0.25, 0.3) is 0 Å². The second kappa shape index (κ2) is 10.7. The molecule has 1 unspecified atom stereocenters. The molecule has 27 heavy (non-hydrogen) atoms. The number of thiazole rings is 1. The number of hydrogen-bond acceptors (Lipinski definition) is 5. The molecule has 6 nitrogen and oxygen atoms in total. The van der Waals surface area contributed by atoms with Crippen LogP contribution >= 0.6 is 34.5 Å². The Bertz CT molecular complexity index is 763. The first-order chi connectivity index (χ1) is 12.9. The van der Waals surface area contributed by atoms with E-state index in [9.17, 15) is 5.11 Å². The van der Waals surface area contributed by atoms with Gasteiger partial charge in [-0.15, -0.1) is 11.3 Å². The van der Waals surface area contributed by atoms with Crippen molar-refractivity contribution in [2.45, 2.75) is 33.4 Å². The lowest BCUT2D eigenvalue weighted by Gasteiger charge is -2.16. The van der Waals surface area contributed by atoms with Crippen LogP contribution in [0.15, 0.2) is 23.2 Å². The van der Waals surface area contributed by atoms with Crippen molar-refractivity contribution >= 4 is 40.5 Å². The van der Waals surface area contributed by atoms with Gasteiger partial charge >= 0.3 is 0 Å². The highest BCUT2D eigenvalue weighted by molar-refractivity contribution is 7.11. The summed E-state index contributed by atoms with van der Waals surface area (Å²) >= 11 is 13.7. The molecule has 1 heterocycles. The van der Waals surface area contributed by atoms with Gasteiger partial charge in [-0.1, -0.05) is 29.3 Å². The molecule has 3 N–H and O–H groups in total. The van der Waals surface area contributed by atoms with Crippen LogP contribution in [0.3, 0.4) is 0 Å². The molecule has 1 aromatic carbocycles. The first-order valence-corrected chi connectivity index (χ1v) is 10.2. The van der Waals surface area contributed by atoms with E-state index in [1.807, 2.05) is 20.8 Å². The Labute approximate surface area is 173 Å². The number of aromatic nitrogens is 1. The number of nitrogens with zero attached hydrogens (tertiary/aromatic N) is 2. The van der Waals surface area contributed by atoms with Crippen molar-refractivity contribution in [1.82, 2.24) is 15.6 Å². The van der Waals surface area contributed by atoms with Crippen LogP contribution in [-0.2, 0) is 6.54 Å². The molecular weight excluding hydrogens is 407 g/mol. The van der Waals surface area contributed by atoms with E-state index in [0.29, 0.717) is 34.8 Å². The number of benzene rings is 1. The van der Waals surface area contributed by atoms with Crippen LogP contribution in [0.4, 0.5) is 0 Å². The third-order valence-corrected chi connectivity index (χ3v) is 5.50. The zero-order valence-electron chi connectivity index (χ0n) is 15.6. The second-order valence-electron chi connectivity index (χ2n) is 5.84. The van der Waals surface area contributed by atoms with Crippen LogP contribution in [-0.4, -0.2) is 41.9 Å². The molecule has 0 fully saturated rings.